The minimum atomic E-state index is 0.0948. The van der Waals surface area contributed by atoms with Gasteiger partial charge in [-0.2, -0.15) is 0 Å². The molecule has 19 heavy (non-hydrogen) atoms. The normalized spacial score (nSPS) is 11.6. The lowest BCUT2D eigenvalue weighted by Crippen LogP contribution is -2.36. The summed E-state index contributed by atoms with van der Waals surface area (Å²) in [5.74, 6) is 1.47. The summed E-state index contributed by atoms with van der Waals surface area (Å²) in [5.41, 5.74) is 0. The topological polar surface area (TPSA) is 50.4 Å². The molecular formula is C15H32N2O2. The van der Waals surface area contributed by atoms with Crippen molar-refractivity contribution in [3.63, 3.8) is 0 Å². The van der Waals surface area contributed by atoms with Crippen LogP contribution in [0.5, 0.6) is 0 Å². The number of carbonyl (C=O) groups is 1. The molecule has 0 spiro atoms. The van der Waals surface area contributed by atoms with Crippen LogP contribution < -0.4 is 10.6 Å². The number of rotatable bonds is 11. The predicted molar refractivity (Wildman–Crippen MR) is 80.2 cm³/mol. The van der Waals surface area contributed by atoms with Crippen molar-refractivity contribution in [2.45, 2.75) is 53.0 Å². The highest BCUT2D eigenvalue weighted by atomic mass is 16.5. The molecule has 2 N–H and O–H groups in total. The lowest BCUT2D eigenvalue weighted by Gasteiger charge is -2.22. The number of carbonyl (C=O) groups excluding carboxylic acids is 1. The van der Waals surface area contributed by atoms with Crippen LogP contribution in [-0.2, 0) is 9.53 Å². The quantitative estimate of drug-likeness (QED) is 0.567. The van der Waals surface area contributed by atoms with E-state index < -0.39 is 0 Å². The molecule has 0 aliphatic rings. The van der Waals surface area contributed by atoms with E-state index in [2.05, 4.69) is 38.3 Å². The van der Waals surface area contributed by atoms with Gasteiger partial charge >= 0.3 is 0 Å². The molecule has 0 bridgehead atoms. The molecule has 114 valence electrons. The first-order valence-electron chi connectivity index (χ1n) is 7.44. The summed E-state index contributed by atoms with van der Waals surface area (Å²) in [5, 5.41) is 6.35. The first kappa shape index (κ1) is 18.4. The summed E-state index contributed by atoms with van der Waals surface area (Å²) in [6, 6.07) is 0.520. The highest BCUT2D eigenvalue weighted by Gasteiger charge is 2.12. The van der Waals surface area contributed by atoms with Gasteiger partial charge in [0, 0.05) is 32.7 Å². The van der Waals surface area contributed by atoms with Crippen LogP contribution in [0.3, 0.4) is 0 Å². The van der Waals surface area contributed by atoms with E-state index in [1.54, 1.807) is 7.11 Å². The average molecular weight is 272 g/mol. The standard InChI is InChI=1S/C15H32N2O2/c1-12(2)10-14(11-13(3)4)16-7-6-15(18)17-8-9-19-5/h12-14,16H,6-11H2,1-5H3,(H,17,18). The number of nitrogens with one attached hydrogen (secondary N) is 2. The van der Waals surface area contributed by atoms with Crippen LogP contribution in [0.15, 0.2) is 0 Å². The maximum Gasteiger partial charge on any atom is 0.221 e. The third kappa shape index (κ3) is 12.2. The molecule has 0 rings (SSSR count). The van der Waals surface area contributed by atoms with E-state index >= 15 is 0 Å². The van der Waals surface area contributed by atoms with Gasteiger partial charge in [-0.15, -0.1) is 0 Å². The van der Waals surface area contributed by atoms with Gasteiger partial charge in [0.2, 0.25) is 5.91 Å². The smallest absolute Gasteiger partial charge is 0.221 e. The van der Waals surface area contributed by atoms with Crippen molar-refractivity contribution in [1.29, 1.82) is 0 Å². The van der Waals surface area contributed by atoms with E-state index in [0.29, 0.717) is 37.5 Å². The van der Waals surface area contributed by atoms with E-state index in [1.807, 2.05) is 0 Å². The van der Waals surface area contributed by atoms with Crippen LogP contribution in [0.4, 0.5) is 0 Å². The van der Waals surface area contributed by atoms with Crippen LogP contribution in [-0.4, -0.2) is 38.8 Å². The van der Waals surface area contributed by atoms with Crippen molar-refractivity contribution >= 4 is 5.91 Å². The zero-order valence-electron chi connectivity index (χ0n) is 13.3. The van der Waals surface area contributed by atoms with Crippen LogP contribution in [0.25, 0.3) is 0 Å². The summed E-state index contributed by atoms with van der Waals surface area (Å²) in [4.78, 5) is 11.5. The Labute approximate surface area is 118 Å². The van der Waals surface area contributed by atoms with Gasteiger partial charge in [0.25, 0.3) is 0 Å². The average Bonchev–Trinajstić information content (AvgIpc) is 2.27. The molecule has 0 atom stereocenters. The van der Waals surface area contributed by atoms with Crippen molar-refractivity contribution in [2.24, 2.45) is 11.8 Å². The second-order valence-corrected chi connectivity index (χ2v) is 6.00. The number of hydrogen-bond acceptors (Lipinski definition) is 3. The molecule has 0 aromatic heterocycles. The molecule has 4 nitrogen and oxygen atoms in total. The Kier molecular flexibility index (Phi) is 10.9. The third-order valence-corrected chi connectivity index (χ3v) is 2.93. The molecule has 0 heterocycles. The summed E-state index contributed by atoms with van der Waals surface area (Å²) < 4.78 is 4.89. The van der Waals surface area contributed by atoms with Crippen molar-refractivity contribution in [1.82, 2.24) is 10.6 Å². The summed E-state index contributed by atoms with van der Waals surface area (Å²) in [7, 11) is 1.64. The molecule has 0 aliphatic heterocycles. The van der Waals surface area contributed by atoms with Gasteiger partial charge in [0.1, 0.15) is 0 Å². The molecule has 0 aromatic rings. The Morgan fingerprint density at radius 2 is 1.63 bits per heavy atom. The SMILES string of the molecule is COCCNC(=O)CCNC(CC(C)C)CC(C)C. The Bertz CT molecular complexity index is 220. The van der Waals surface area contributed by atoms with Gasteiger partial charge in [0.05, 0.1) is 6.61 Å². The molecule has 0 saturated heterocycles. The summed E-state index contributed by atoms with van der Waals surface area (Å²) in [6.07, 6.45) is 2.88. The van der Waals surface area contributed by atoms with Crippen molar-refractivity contribution in [3.8, 4) is 0 Å². The largest absolute Gasteiger partial charge is 0.383 e. The highest BCUT2D eigenvalue weighted by molar-refractivity contribution is 5.76. The van der Waals surface area contributed by atoms with Gasteiger partial charge in [-0.25, -0.2) is 0 Å². The summed E-state index contributed by atoms with van der Waals surface area (Å²) in [6.45, 7) is 10.9. The molecule has 0 unspecified atom stereocenters. The van der Waals surface area contributed by atoms with E-state index in [-0.39, 0.29) is 5.91 Å². The third-order valence-electron chi connectivity index (χ3n) is 2.93. The molecule has 0 aliphatic carbocycles. The molecule has 0 saturated carbocycles. The fraction of sp³-hybridized carbons (Fsp3) is 0.933. The molecule has 4 heteroatoms. The van der Waals surface area contributed by atoms with Gasteiger partial charge in [-0.3, -0.25) is 4.79 Å². The van der Waals surface area contributed by atoms with Crippen molar-refractivity contribution in [2.75, 3.05) is 26.8 Å². The van der Waals surface area contributed by atoms with Crippen LogP contribution in [0, 0.1) is 11.8 Å². The van der Waals surface area contributed by atoms with Gasteiger partial charge < -0.3 is 15.4 Å². The second-order valence-electron chi connectivity index (χ2n) is 6.00. The van der Waals surface area contributed by atoms with Gasteiger partial charge in [-0.05, 0) is 24.7 Å². The number of hydrogen-bond donors (Lipinski definition) is 2. The Morgan fingerprint density at radius 3 is 2.11 bits per heavy atom. The van der Waals surface area contributed by atoms with E-state index in [9.17, 15) is 4.79 Å². The van der Waals surface area contributed by atoms with Crippen LogP contribution in [0.2, 0.25) is 0 Å². The zero-order chi connectivity index (χ0) is 14.7. The fourth-order valence-electron chi connectivity index (χ4n) is 2.17. The lowest BCUT2D eigenvalue weighted by molar-refractivity contribution is -0.121. The minimum absolute atomic E-state index is 0.0948. The molecular weight excluding hydrogens is 240 g/mol. The lowest BCUT2D eigenvalue weighted by atomic mass is 9.95. The fourth-order valence-corrected chi connectivity index (χ4v) is 2.17. The first-order chi connectivity index (χ1) is 8.95. The van der Waals surface area contributed by atoms with E-state index in [4.69, 9.17) is 4.74 Å². The Morgan fingerprint density at radius 1 is 1.05 bits per heavy atom. The van der Waals surface area contributed by atoms with Gasteiger partial charge in [-0.1, -0.05) is 27.7 Å². The molecule has 1 amide bonds. The Balaban J connectivity index is 3.81. The van der Waals surface area contributed by atoms with E-state index in [0.717, 1.165) is 6.54 Å². The highest BCUT2D eigenvalue weighted by Crippen LogP contribution is 2.13. The van der Waals surface area contributed by atoms with Crippen molar-refractivity contribution < 1.29 is 9.53 Å². The Hall–Kier alpha value is -0.610. The van der Waals surface area contributed by atoms with Crippen molar-refractivity contribution in [3.05, 3.63) is 0 Å². The van der Waals surface area contributed by atoms with Gasteiger partial charge in [0.15, 0.2) is 0 Å². The zero-order valence-corrected chi connectivity index (χ0v) is 13.3. The maximum absolute atomic E-state index is 11.5. The minimum Gasteiger partial charge on any atom is -0.383 e. The predicted octanol–water partition coefficient (Wildman–Crippen LogP) is 2.19. The maximum atomic E-state index is 11.5. The molecule has 0 aromatic carbocycles. The number of ether oxygens (including phenoxy) is 1. The molecule has 0 radical (unpaired) electrons. The van der Waals surface area contributed by atoms with Crippen LogP contribution >= 0.6 is 0 Å². The van der Waals surface area contributed by atoms with Crippen LogP contribution in [0.1, 0.15) is 47.0 Å². The molecule has 0 fully saturated rings. The second kappa shape index (κ2) is 11.2. The first-order valence-corrected chi connectivity index (χ1v) is 7.44. The summed E-state index contributed by atoms with van der Waals surface area (Å²) >= 11 is 0. The number of methoxy groups -OCH3 is 1. The van der Waals surface area contributed by atoms with E-state index in [1.165, 1.54) is 12.8 Å². The monoisotopic (exact) mass is 272 g/mol. The number of amides is 1.